The topological polar surface area (TPSA) is 25.8 Å². The van der Waals surface area contributed by atoms with Crippen molar-refractivity contribution in [2.75, 3.05) is 0 Å². The first-order chi connectivity index (χ1) is 10.2. The van der Waals surface area contributed by atoms with Gasteiger partial charge in [0, 0.05) is 22.3 Å². The van der Waals surface area contributed by atoms with Crippen LogP contribution in [0.5, 0.6) is 0 Å². The van der Waals surface area contributed by atoms with Crippen LogP contribution in [0.25, 0.3) is 22.4 Å². The molecule has 0 fully saturated rings. The first-order valence-electron chi connectivity index (χ1n) is 6.10. The molecule has 1 radical (unpaired) electrons. The molecular weight excluding hydrogens is 327 g/mol. The lowest BCUT2D eigenvalue weighted by atomic mass is 10.0. The van der Waals surface area contributed by atoms with E-state index in [1.165, 1.54) is 0 Å². The van der Waals surface area contributed by atoms with Gasteiger partial charge in [-0.15, -0.1) is 0 Å². The maximum Gasteiger partial charge on any atom is 0.198 e. The van der Waals surface area contributed by atoms with Gasteiger partial charge in [-0.25, -0.2) is 9.97 Å². The van der Waals surface area contributed by atoms with E-state index >= 15 is 0 Å². The van der Waals surface area contributed by atoms with Crippen LogP contribution in [0.15, 0.2) is 48.7 Å². The van der Waals surface area contributed by atoms with Crippen LogP contribution < -0.4 is 0 Å². The van der Waals surface area contributed by atoms with Gasteiger partial charge in [-0.2, -0.15) is 0 Å². The van der Waals surface area contributed by atoms with Gasteiger partial charge < -0.3 is 0 Å². The highest BCUT2D eigenvalue weighted by molar-refractivity contribution is 6.39. The van der Waals surface area contributed by atoms with Crippen LogP contribution in [-0.4, -0.2) is 9.97 Å². The second-order valence-corrected chi connectivity index (χ2v) is 5.59. The standard InChI is InChI=1S/C16H8Cl3N2/c17-11-6-4-10(5-7-11)12-8-20-9-21-16(12)15-13(18)2-1-3-14(15)19/h1-8H. The summed E-state index contributed by atoms with van der Waals surface area (Å²) in [5.74, 6) is 0. The van der Waals surface area contributed by atoms with Gasteiger partial charge >= 0.3 is 0 Å². The van der Waals surface area contributed by atoms with Crippen molar-refractivity contribution >= 4 is 34.8 Å². The van der Waals surface area contributed by atoms with E-state index in [1.54, 1.807) is 24.4 Å². The van der Waals surface area contributed by atoms with Crippen molar-refractivity contribution in [2.45, 2.75) is 0 Å². The minimum Gasteiger partial charge on any atom is -0.233 e. The fourth-order valence-electron chi connectivity index (χ4n) is 2.05. The molecule has 0 N–H and O–H groups in total. The maximum atomic E-state index is 6.27. The molecule has 103 valence electrons. The summed E-state index contributed by atoms with van der Waals surface area (Å²) in [6, 6.07) is 12.8. The number of benzene rings is 2. The third-order valence-electron chi connectivity index (χ3n) is 3.02. The molecule has 3 aromatic rings. The molecule has 2 nitrogen and oxygen atoms in total. The summed E-state index contributed by atoms with van der Waals surface area (Å²) in [6.07, 6.45) is 4.28. The monoisotopic (exact) mass is 333 g/mol. The third kappa shape index (κ3) is 2.88. The number of hydrogen-bond acceptors (Lipinski definition) is 2. The first kappa shape index (κ1) is 14.3. The van der Waals surface area contributed by atoms with Crippen molar-refractivity contribution in [3.8, 4) is 22.4 Å². The number of halogens is 3. The molecule has 0 spiro atoms. The van der Waals surface area contributed by atoms with Gasteiger partial charge in [0.1, 0.15) is 0 Å². The number of hydrogen-bond donors (Lipinski definition) is 0. The van der Waals surface area contributed by atoms with Crippen molar-refractivity contribution in [2.24, 2.45) is 0 Å². The van der Waals surface area contributed by atoms with Crippen LogP contribution in [-0.2, 0) is 0 Å². The lowest BCUT2D eigenvalue weighted by molar-refractivity contribution is 1.16. The van der Waals surface area contributed by atoms with E-state index in [4.69, 9.17) is 34.8 Å². The summed E-state index contributed by atoms with van der Waals surface area (Å²) < 4.78 is 0. The molecule has 0 saturated heterocycles. The molecule has 2 aromatic carbocycles. The Bertz CT molecular complexity index is 766. The summed E-state index contributed by atoms with van der Waals surface area (Å²) in [5, 5.41) is 1.73. The van der Waals surface area contributed by atoms with Gasteiger partial charge in [-0.3, -0.25) is 0 Å². The van der Waals surface area contributed by atoms with Gasteiger partial charge in [0.25, 0.3) is 0 Å². The fourth-order valence-corrected chi connectivity index (χ4v) is 2.75. The number of aromatic nitrogens is 2. The van der Waals surface area contributed by atoms with Crippen molar-refractivity contribution in [1.82, 2.24) is 9.97 Å². The maximum absolute atomic E-state index is 6.27. The Kier molecular flexibility index (Phi) is 4.11. The highest BCUT2D eigenvalue weighted by Crippen LogP contribution is 2.38. The van der Waals surface area contributed by atoms with Crippen LogP contribution in [0.1, 0.15) is 0 Å². The number of nitrogens with zero attached hydrogens (tertiary/aromatic N) is 2. The molecule has 0 saturated carbocycles. The second-order valence-electron chi connectivity index (χ2n) is 4.34. The predicted molar refractivity (Wildman–Crippen MR) is 86.8 cm³/mol. The van der Waals surface area contributed by atoms with E-state index in [-0.39, 0.29) is 0 Å². The molecule has 0 aliphatic carbocycles. The zero-order chi connectivity index (χ0) is 14.8. The van der Waals surface area contributed by atoms with E-state index in [2.05, 4.69) is 16.3 Å². The molecule has 1 heterocycles. The molecule has 0 aliphatic rings. The highest BCUT2D eigenvalue weighted by Gasteiger charge is 2.15. The van der Waals surface area contributed by atoms with Crippen LogP contribution in [0.2, 0.25) is 15.1 Å². The minimum atomic E-state index is 0.532. The zero-order valence-electron chi connectivity index (χ0n) is 10.6. The summed E-state index contributed by atoms with van der Waals surface area (Å²) >= 11 is 18.5. The van der Waals surface area contributed by atoms with Crippen molar-refractivity contribution in [3.63, 3.8) is 0 Å². The molecule has 1 aromatic heterocycles. The van der Waals surface area contributed by atoms with E-state index in [0.29, 0.717) is 26.3 Å². The molecule has 0 atom stereocenters. The molecule has 3 rings (SSSR count). The third-order valence-corrected chi connectivity index (χ3v) is 3.91. The lowest BCUT2D eigenvalue weighted by Crippen LogP contribution is -1.93. The highest BCUT2D eigenvalue weighted by atomic mass is 35.5. The summed E-state index contributed by atoms with van der Waals surface area (Å²) in [4.78, 5) is 8.21. The van der Waals surface area contributed by atoms with Crippen LogP contribution in [0.3, 0.4) is 0 Å². The van der Waals surface area contributed by atoms with Gasteiger partial charge in [0.15, 0.2) is 6.33 Å². The molecular formula is C16H8Cl3N2. The van der Waals surface area contributed by atoms with Crippen molar-refractivity contribution in [1.29, 1.82) is 0 Å². The van der Waals surface area contributed by atoms with Crippen LogP contribution in [0, 0.1) is 6.33 Å². The Morgan fingerprint density at radius 1 is 0.857 bits per heavy atom. The summed E-state index contributed by atoms with van der Waals surface area (Å²) in [6.45, 7) is 0. The average molecular weight is 335 g/mol. The van der Waals surface area contributed by atoms with E-state index in [9.17, 15) is 0 Å². The predicted octanol–water partition coefficient (Wildman–Crippen LogP) is 5.57. The lowest BCUT2D eigenvalue weighted by Gasteiger charge is -2.11. The summed E-state index contributed by atoms with van der Waals surface area (Å²) in [7, 11) is 0. The van der Waals surface area contributed by atoms with Crippen molar-refractivity contribution < 1.29 is 0 Å². The van der Waals surface area contributed by atoms with Crippen molar-refractivity contribution in [3.05, 3.63) is 70.1 Å². The SMILES string of the molecule is Clc1ccc(-c2cn[c]nc2-c2c(Cl)cccc2Cl)cc1. The van der Waals surface area contributed by atoms with E-state index in [0.717, 1.165) is 11.1 Å². The normalized spacial score (nSPS) is 10.6. The Balaban J connectivity index is 2.23. The van der Waals surface area contributed by atoms with Gasteiger partial charge in [0.05, 0.1) is 15.7 Å². The zero-order valence-corrected chi connectivity index (χ0v) is 12.9. The molecule has 21 heavy (non-hydrogen) atoms. The smallest absolute Gasteiger partial charge is 0.198 e. The quantitative estimate of drug-likeness (QED) is 0.612. The first-order valence-corrected chi connectivity index (χ1v) is 7.23. The van der Waals surface area contributed by atoms with E-state index < -0.39 is 0 Å². The Hall–Kier alpha value is -1.61. The Morgan fingerprint density at radius 3 is 2.19 bits per heavy atom. The van der Waals surface area contributed by atoms with E-state index in [1.807, 2.05) is 24.3 Å². The summed E-state index contributed by atoms with van der Waals surface area (Å²) in [5.41, 5.74) is 3.06. The van der Waals surface area contributed by atoms with Crippen LogP contribution >= 0.6 is 34.8 Å². The minimum absolute atomic E-state index is 0.532. The van der Waals surface area contributed by atoms with Gasteiger partial charge in [0.2, 0.25) is 0 Å². The fraction of sp³-hybridized carbons (Fsp3) is 0. The Morgan fingerprint density at radius 2 is 1.52 bits per heavy atom. The average Bonchev–Trinajstić information content (AvgIpc) is 2.48. The van der Waals surface area contributed by atoms with Crippen LogP contribution in [0.4, 0.5) is 0 Å². The molecule has 0 unspecified atom stereocenters. The van der Waals surface area contributed by atoms with Gasteiger partial charge in [-0.1, -0.05) is 53.0 Å². The van der Waals surface area contributed by atoms with Gasteiger partial charge in [-0.05, 0) is 29.8 Å². The number of rotatable bonds is 2. The second kappa shape index (κ2) is 6.02. The Labute approximate surface area is 137 Å². The molecule has 5 heteroatoms. The largest absolute Gasteiger partial charge is 0.233 e. The molecule has 0 aliphatic heterocycles. The molecule has 0 amide bonds. The molecule has 0 bridgehead atoms.